The van der Waals surface area contributed by atoms with Gasteiger partial charge in [-0.25, -0.2) is 0 Å². The van der Waals surface area contributed by atoms with Gasteiger partial charge in [-0.3, -0.25) is 4.79 Å². The van der Waals surface area contributed by atoms with E-state index in [1.165, 1.54) is 385 Å². The third-order valence-electron chi connectivity index (χ3n) is 20.3. The molecule has 6 N–H and O–H groups in total. The molecule has 0 bridgehead atoms. The molecule has 9 nitrogen and oxygen atoms in total. The van der Waals surface area contributed by atoms with Crippen molar-refractivity contribution in [3.8, 4) is 0 Å². The van der Waals surface area contributed by atoms with Gasteiger partial charge in [0.25, 0.3) is 0 Å². The van der Waals surface area contributed by atoms with E-state index in [-0.39, 0.29) is 12.5 Å². The fourth-order valence-corrected chi connectivity index (χ4v) is 13.8. The first-order valence-corrected chi connectivity index (χ1v) is 41.6. The minimum Gasteiger partial charge on any atom is -0.394 e. The molecule has 1 fully saturated rings. The molecule has 1 amide bonds. The standard InChI is InChI=1S/C83H161NO8/c1-3-5-7-9-11-13-15-17-19-21-23-25-27-29-31-33-34-35-36-37-38-39-40-41-42-43-44-45-47-49-51-53-55-57-59-61-63-65-67-69-71-73-79(87)84-76(75-91-83-82(90)81(89)80(88)78(74-85)92-83)77(86)72-70-68-66-64-62-60-58-56-54-52-50-48-46-32-30-28-26-24-22-20-18-16-14-12-10-8-6-4-2/h62,64,70,72,76-78,80-83,85-86,88-90H,3-61,63,65-69,71,73-75H2,1-2H3,(H,84,87)/b64-62+,72-70+. The summed E-state index contributed by atoms with van der Waals surface area (Å²) < 4.78 is 11.3. The van der Waals surface area contributed by atoms with Crippen LogP contribution in [0.5, 0.6) is 0 Å². The summed E-state index contributed by atoms with van der Waals surface area (Å²) >= 11 is 0. The maximum Gasteiger partial charge on any atom is 0.220 e. The molecule has 546 valence electrons. The van der Waals surface area contributed by atoms with Crippen molar-refractivity contribution in [2.75, 3.05) is 13.2 Å². The number of allylic oxidation sites excluding steroid dienone is 3. The zero-order valence-corrected chi connectivity index (χ0v) is 61.6. The van der Waals surface area contributed by atoms with Crippen LogP contribution in [0.1, 0.15) is 444 Å². The van der Waals surface area contributed by atoms with Gasteiger partial charge in [0.1, 0.15) is 24.4 Å². The first-order valence-electron chi connectivity index (χ1n) is 41.6. The van der Waals surface area contributed by atoms with Crippen LogP contribution in [-0.4, -0.2) is 87.5 Å². The van der Waals surface area contributed by atoms with Gasteiger partial charge in [0, 0.05) is 6.42 Å². The molecular formula is C83H161NO8. The summed E-state index contributed by atoms with van der Waals surface area (Å²) in [5, 5.41) is 54.9. The third kappa shape index (κ3) is 59.9. The Bertz CT molecular complexity index is 1510. The van der Waals surface area contributed by atoms with E-state index < -0.39 is 49.5 Å². The number of carbonyl (C=O) groups excluding carboxylic acids is 1. The predicted molar refractivity (Wildman–Crippen MR) is 397 cm³/mol. The van der Waals surface area contributed by atoms with Crippen LogP contribution in [0.3, 0.4) is 0 Å². The van der Waals surface area contributed by atoms with Crippen LogP contribution in [0.2, 0.25) is 0 Å². The normalized spacial score (nSPS) is 17.7. The van der Waals surface area contributed by atoms with Crippen molar-refractivity contribution in [2.45, 2.75) is 487 Å². The Morgan fingerprint density at radius 3 is 0.913 bits per heavy atom. The molecule has 1 aliphatic rings. The molecule has 0 saturated carbocycles. The first kappa shape index (κ1) is 88.7. The van der Waals surface area contributed by atoms with Gasteiger partial charge in [0.05, 0.1) is 25.4 Å². The number of hydrogen-bond acceptors (Lipinski definition) is 8. The van der Waals surface area contributed by atoms with Crippen molar-refractivity contribution in [3.05, 3.63) is 24.3 Å². The largest absolute Gasteiger partial charge is 0.394 e. The second-order valence-corrected chi connectivity index (χ2v) is 29.3. The van der Waals surface area contributed by atoms with Crippen LogP contribution < -0.4 is 5.32 Å². The molecule has 0 spiro atoms. The summed E-state index contributed by atoms with van der Waals surface area (Å²) in [5.41, 5.74) is 0. The van der Waals surface area contributed by atoms with Crippen molar-refractivity contribution in [3.63, 3.8) is 0 Å². The van der Waals surface area contributed by atoms with Crippen LogP contribution in [0.15, 0.2) is 24.3 Å². The van der Waals surface area contributed by atoms with Crippen LogP contribution in [0.25, 0.3) is 0 Å². The Hall–Kier alpha value is -1.33. The number of nitrogens with one attached hydrogen (secondary N) is 1. The summed E-state index contributed by atoms with van der Waals surface area (Å²) in [7, 11) is 0. The average Bonchev–Trinajstić information content (AvgIpc) is 1.01. The highest BCUT2D eigenvalue weighted by atomic mass is 16.7. The minimum absolute atomic E-state index is 0.176. The van der Waals surface area contributed by atoms with Crippen molar-refractivity contribution >= 4 is 5.91 Å². The van der Waals surface area contributed by atoms with Crippen LogP contribution in [0, 0.1) is 0 Å². The van der Waals surface area contributed by atoms with Crippen molar-refractivity contribution < 1.29 is 39.8 Å². The highest BCUT2D eigenvalue weighted by Crippen LogP contribution is 2.24. The molecule has 9 heteroatoms. The minimum atomic E-state index is -1.57. The van der Waals surface area contributed by atoms with Crippen LogP contribution in [0.4, 0.5) is 0 Å². The molecule has 1 saturated heterocycles. The summed E-state index contributed by atoms with van der Waals surface area (Å²) in [6.45, 7) is 3.84. The quantitative estimate of drug-likeness (QED) is 0.0261. The Morgan fingerprint density at radius 2 is 0.620 bits per heavy atom. The van der Waals surface area contributed by atoms with E-state index in [1.807, 2.05) is 6.08 Å². The van der Waals surface area contributed by atoms with E-state index in [4.69, 9.17) is 9.47 Å². The maximum absolute atomic E-state index is 13.2. The molecule has 1 rings (SSSR count). The molecule has 92 heavy (non-hydrogen) atoms. The molecule has 7 atom stereocenters. The van der Waals surface area contributed by atoms with Gasteiger partial charge in [-0.2, -0.15) is 0 Å². The Labute approximate surface area is 572 Å². The monoisotopic (exact) mass is 1300 g/mol. The molecule has 0 radical (unpaired) electrons. The topological polar surface area (TPSA) is 149 Å². The van der Waals surface area contributed by atoms with Crippen molar-refractivity contribution in [1.29, 1.82) is 0 Å². The van der Waals surface area contributed by atoms with Gasteiger partial charge >= 0.3 is 0 Å². The van der Waals surface area contributed by atoms with Gasteiger partial charge < -0.3 is 40.3 Å². The van der Waals surface area contributed by atoms with E-state index >= 15 is 0 Å². The van der Waals surface area contributed by atoms with E-state index in [1.54, 1.807) is 6.08 Å². The zero-order valence-electron chi connectivity index (χ0n) is 61.6. The van der Waals surface area contributed by atoms with Gasteiger partial charge in [-0.15, -0.1) is 0 Å². The van der Waals surface area contributed by atoms with Crippen LogP contribution >= 0.6 is 0 Å². The van der Waals surface area contributed by atoms with Crippen molar-refractivity contribution in [1.82, 2.24) is 5.32 Å². The molecule has 0 aromatic rings. The number of aliphatic hydroxyl groups is 5. The number of ether oxygens (including phenoxy) is 2. The van der Waals surface area contributed by atoms with E-state index in [9.17, 15) is 30.3 Å². The third-order valence-corrected chi connectivity index (χ3v) is 20.3. The lowest BCUT2D eigenvalue weighted by atomic mass is 9.99. The molecule has 0 aliphatic carbocycles. The van der Waals surface area contributed by atoms with E-state index in [0.29, 0.717) is 6.42 Å². The summed E-state index contributed by atoms with van der Waals surface area (Å²) in [5.74, 6) is -0.176. The van der Waals surface area contributed by atoms with Gasteiger partial charge in [-0.1, -0.05) is 430 Å². The Kier molecular flexibility index (Phi) is 69.8. The number of rotatable bonds is 75. The number of carbonyl (C=O) groups is 1. The smallest absolute Gasteiger partial charge is 0.220 e. The highest BCUT2D eigenvalue weighted by Gasteiger charge is 2.44. The summed E-state index contributed by atoms with van der Waals surface area (Å²) in [4.78, 5) is 13.2. The lowest BCUT2D eigenvalue weighted by Gasteiger charge is -2.40. The second-order valence-electron chi connectivity index (χ2n) is 29.3. The number of hydrogen-bond donors (Lipinski definition) is 6. The van der Waals surface area contributed by atoms with Crippen LogP contribution in [-0.2, 0) is 14.3 Å². The number of aliphatic hydroxyl groups excluding tert-OH is 5. The van der Waals surface area contributed by atoms with Gasteiger partial charge in [-0.05, 0) is 32.1 Å². The predicted octanol–water partition coefficient (Wildman–Crippen LogP) is 23.9. The van der Waals surface area contributed by atoms with Crippen molar-refractivity contribution in [2.24, 2.45) is 0 Å². The maximum atomic E-state index is 13.2. The lowest BCUT2D eigenvalue weighted by molar-refractivity contribution is -0.302. The second kappa shape index (κ2) is 72.4. The fraction of sp³-hybridized carbons (Fsp3) is 0.940. The molecule has 1 aliphatic heterocycles. The highest BCUT2D eigenvalue weighted by molar-refractivity contribution is 5.76. The molecule has 1 heterocycles. The fourth-order valence-electron chi connectivity index (χ4n) is 13.8. The molecule has 0 aromatic carbocycles. The molecule has 0 aromatic heterocycles. The van der Waals surface area contributed by atoms with Gasteiger partial charge in [0.2, 0.25) is 5.91 Å². The Morgan fingerprint density at radius 1 is 0.359 bits per heavy atom. The van der Waals surface area contributed by atoms with Gasteiger partial charge in [0.15, 0.2) is 6.29 Å². The van der Waals surface area contributed by atoms with E-state index in [2.05, 4.69) is 31.3 Å². The van der Waals surface area contributed by atoms with E-state index in [0.717, 1.165) is 38.5 Å². The first-order chi connectivity index (χ1) is 45.3. The number of amides is 1. The molecular weight excluding hydrogens is 1140 g/mol. The zero-order chi connectivity index (χ0) is 66.4. The number of unbranched alkanes of at least 4 members (excludes halogenated alkanes) is 63. The average molecular weight is 1300 g/mol. The molecule has 7 unspecified atom stereocenters. The lowest BCUT2D eigenvalue weighted by Crippen LogP contribution is -2.60. The summed E-state index contributed by atoms with van der Waals surface area (Å²) in [6, 6.07) is -0.821. The SMILES string of the molecule is CCCCCCCCCCCCCCCCCCCCCCCC/C=C/CC/C=C/C(O)C(COC1OC(CO)C(O)C(O)C1O)NC(=O)CCCCCCCCCCCCCCCCCCCCCCCCCCCCCCCCCCCCCCCCCCC. The Balaban J connectivity index is 2.03. The summed E-state index contributed by atoms with van der Waals surface area (Å²) in [6.07, 6.45) is 90.8.